The molecule has 5 aromatic carbocycles. The summed E-state index contributed by atoms with van der Waals surface area (Å²) in [6.07, 6.45) is 3.76. The van der Waals surface area contributed by atoms with Gasteiger partial charge in [0.05, 0.1) is 30.8 Å². The summed E-state index contributed by atoms with van der Waals surface area (Å²) in [5.41, 5.74) is 6.12. The molecule has 5 heteroatoms. The number of aryl methyl sites for hydroxylation is 2. The first kappa shape index (κ1) is 27.6. The molecular weight excluding hydrogens is 532 g/mol. The second kappa shape index (κ2) is 11.7. The average Bonchev–Trinajstić information content (AvgIpc) is 3.03. The zero-order valence-electron chi connectivity index (χ0n) is 24.5. The number of hydrogen-bond donors (Lipinski definition) is 0. The van der Waals surface area contributed by atoms with Crippen molar-refractivity contribution in [2.75, 3.05) is 14.2 Å². The van der Waals surface area contributed by atoms with Crippen LogP contribution in [-0.2, 0) is 0 Å². The van der Waals surface area contributed by atoms with Crippen LogP contribution >= 0.6 is 0 Å². The number of benzene rings is 5. The van der Waals surface area contributed by atoms with Gasteiger partial charge in [0.15, 0.2) is 11.5 Å². The van der Waals surface area contributed by atoms with Gasteiger partial charge in [0.1, 0.15) is 5.82 Å². The van der Waals surface area contributed by atoms with E-state index in [0.717, 1.165) is 27.9 Å². The molecule has 6 rings (SSSR count). The van der Waals surface area contributed by atoms with Crippen LogP contribution in [0.3, 0.4) is 0 Å². The van der Waals surface area contributed by atoms with Crippen LogP contribution in [0.15, 0.2) is 102 Å². The molecule has 210 valence electrons. The van der Waals surface area contributed by atoms with Crippen LogP contribution < -0.4 is 15.0 Å². The summed E-state index contributed by atoms with van der Waals surface area (Å²) in [5.74, 6) is 8.38. The SMILES string of the molecule is COc1ccc(/C=C/c2nc3ccccc3c(=O)n2-c2ccc(C#Cc3ccc4cc(C)ccc4c3)cc2C)cc1OC. The Morgan fingerprint density at radius 3 is 2.23 bits per heavy atom. The van der Waals surface area contributed by atoms with Crippen molar-refractivity contribution in [1.29, 1.82) is 0 Å². The predicted molar refractivity (Wildman–Crippen MR) is 175 cm³/mol. The van der Waals surface area contributed by atoms with Gasteiger partial charge in [0.2, 0.25) is 0 Å². The van der Waals surface area contributed by atoms with Gasteiger partial charge in [0, 0.05) is 11.1 Å². The van der Waals surface area contributed by atoms with E-state index in [1.165, 1.54) is 16.3 Å². The Balaban J connectivity index is 1.39. The number of nitrogens with zero attached hydrogens (tertiary/aromatic N) is 2. The van der Waals surface area contributed by atoms with E-state index in [9.17, 15) is 4.79 Å². The molecule has 6 aromatic rings. The maximum Gasteiger partial charge on any atom is 0.266 e. The molecule has 0 fully saturated rings. The van der Waals surface area contributed by atoms with Crippen molar-refractivity contribution in [2.24, 2.45) is 0 Å². The van der Waals surface area contributed by atoms with E-state index in [2.05, 4.69) is 49.1 Å². The maximum atomic E-state index is 13.8. The Morgan fingerprint density at radius 2 is 1.44 bits per heavy atom. The number of fused-ring (bicyclic) bond motifs is 2. The summed E-state index contributed by atoms with van der Waals surface area (Å²) in [4.78, 5) is 18.7. The van der Waals surface area contributed by atoms with Gasteiger partial charge < -0.3 is 9.47 Å². The molecule has 0 saturated heterocycles. The molecule has 0 spiro atoms. The number of rotatable bonds is 5. The van der Waals surface area contributed by atoms with Crippen molar-refractivity contribution >= 4 is 33.8 Å². The Labute approximate surface area is 250 Å². The summed E-state index contributed by atoms with van der Waals surface area (Å²) in [5, 5.41) is 2.93. The van der Waals surface area contributed by atoms with Crippen molar-refractivity contribution in [2.45, 2.75) is 13.8 Å². The minimum absolute atomic E-state index is 0.133. The van der Waals surface area contributed by atoms with Gasteiger partial charge in [0.25, 0.3) is 5.56 Å². The maximum absolute atomic E-state index is 13.8. The van der Waals surface area contributed by atoms with Crippen molar-refractivity contribution in [3.05, 3.63) is 141 Å². The Kier molecular flexibility index (Phi) is 7.51. The minimum Gasteiger partial charge on any atom is -0.493 e. The van der Waals surface area contributed by atoms with E-state index in [0.29, 0.717) is 28.2 Å². The fourth-order valence-electron chi connectivity index (χ4n) is 5.19. The topological polar surface area (TPSA) is 53.3 Å². The summed E-state index contributed by atoms with van der Waals surface area (Å²) in [6, 6.07) is 31.6. The largest absolute Gasteiger partial charge is 0.493 e. The standard InChI is InChI=1S/C38H30N2O3/c1-25-9-16-31-23-28(12-17-30(31)21-25)11-10-27-13-18-34(26(2)22-27)40-37(39-33-8-6-5-7-32(33)38(40)41)20-15-29-14-19-35(42-3)36(24-29)43-4/h5-9,12-24H,1-4H3/b20-15+. The Morgan fingerprint density at radius 1 is 0.721 bits per heavy atom. The van der Waals surface area contributed by atoms with Crippen LogP contribution in [-0.4, -0.2) is 23.8 Å². The van der Waals surface area contributed by atoms with E-state index in [1.807, 2.05) is 85.8 Å². The van der Waals surface area contributed by atoms with Gasteiger partial charge in [-0.25, -0.2) is 4.98 Å². The molecule has 0 aliphatic rings. The molecular formula is C38H30N2O3. The lowest BCUT2D eigenvalue weighted by atomic mass is 10.0. The van der Waals surface area contributed by atoms with Crippen molar-refractivity contribution in [1.82, 2.24) is 9.55 Å². The first-order valence-electron chi connectivity index (χ1n) is 14.0. The molecule has 1 aromatic heterocycles. The van der Waals surface area contributed by atoms with E-state index < -0.39 is 0 Å². The van der Waals surface area contributed by atoms with Gasteiger partial charge in [-0.2, -0.15) is 0 Å². The molecule has 0 bridgehead atoms. The third-order valence-electron chi connectivity index (χ3n) is 7.42. The van der Waals surface area contributed by atoms with Crippen LogP contribution in [0, 0.1) is 25.7 Å². The molecule has 0 N–H and O–H groups in total. The highest BCUT2D eigenvalue weighted by molar-refractivity contribution is 5.84. The van der Waals surface area contributed by atoms with Gasteiger partial charge in [-0.05, 0) is 96.4 Å². The molecule has 0 aliphatic carbocycles. The van der Waals surface area contributed by atoms with Crippen molar-refractivity contribution < 1.29 is 9.47 Å². The zero-order valence-corrected chi connectivity index (χ0v) is 24.5. The first-order chi connectivity index (χ1) is 20.9. The highest BCUT2D eigenvalue weighted by Crippen LogP contribution is 2.28. The lowest BCUT2D eigenvalue weighted by molar-refractivity contribution is 0.355. The molecule has 1 heterocycles. The van der Waals surface area contributed by atoms with E-state index in [-0.39, 0.29) is 5.56 Å². The fraction of sp³-hybridized carbons (Fsp3) is 0.105. The molecule has 0 radical (unpaired) electrons. The minimum atomic E-state index is -0.133. The molecule has 0 unspecified atom stereocenters. The van der Waals surface area contributed by atoms with Crippen LogP contribution in [0.5, 0.6) is 11.5 Å². The number of hydrogen-bond acceptors (Lipinski definition) is 4. The Hall–Kier alpha value is -5.60. The first-order valence-corrected chi connectivity index (χ1v) is 14.0. The van der Waals surface area contributed by atoms with Crippen LogP contribution in [0.1, 0.15) is 33.6 Å². The monoisotopic (exact) mass is 562 g/mol. The third kappa shape index (κ3) is 5.64. The smallest absolute Gasteiger partial charge is 0.266 e. The highest BCUT2D eigenvalue weighted by Gasteiger charge is 2.13. The van der Waals surface area contributed by atoms with E-state index in [4.69, 9.17) is 14.5 Å². The molecule has 5 nitrogen and oxygen atoms in total. The fourth-order valence-corrected chi connectivity index (χ4v) is 5.19. The number of para-hydroxylation sites is 1. The van der Waals surface area contributed by atoms with E-state index >= 15 is 0 Å². The Bertz CT molecular complexity index is 2160. The summed E-state index contributed by atoms with van der Waals surface area (Å²) in [6.45, 7) is 4.08. The summed E-state index contributed by atoms with van der Waals surface area (Å²) >= 11 is 0. The predicted octanol–water partition coefficient (Wildman–Crippen LogP) is 7.74. The van der Waals surface area contributed by atoms with Crippen molar-refractivity contribution in [3.63, 3.8) is 0 Å². The van der Waals surface area contributed by atoms with Crippen LogP contribution in [0.25, 0.3) is 39.5 Å². The normalized spacial score (nSPS) is 11.1. The second-order valence-electron chi connectivity index (χ2n) is 10.4. The number of aromatic nitrogens is 2. The van der Waals surface area contributed by atoms with Crippen LogP contribution in [0.2, 0.25) is 0 Å². The molecule has 0 aliphatic heterocycles. The van der Waals surface area contributed by atoms with Gasteiger partial charge in [-0.15, -0.1) is 0 Å². The van der Waals surface area contributed by atoms with Crippen LogP contribution in [0.4, 0.5) is 0 Å². The summed E-state index contributed by atoms with van der Waals surface area (Å²) < 4.78 is 12.5. The molecule has 0 saturated carbocycles. The quantitative estimate of drug-likeness (QED) is 0.202. The number of methoxy groups -OCH3 is 2. The molecule has 0 atom stereocenters. The molecule has 43 heavy (non-hydrogen) atoms. The van der Waals surface area contributed by atoms with Gasteiger partial charge >= 0.3 is 0 Å². The van der Waals surface area contributed by atoms with Gasteiger partial charge in [-0.3, -0.25) is 9.36 Å². The van der Waals surface area contributed by atoms with Gasteiger partial charge in [-0.1, -0.05) is 65.9 Å². The molecule has 0 amide bonds. The zero-order chi connectivity index (χ0) is 29.9. The number of ether oxygens (including phenoxy) is 2. The van der Waals surface area contributed by atoms with Crippen molar-refractivity contribution in [3.8, 4) is 29.0 Å². The summed E-state index contributed by atoms with van der Waals surface area (Å²) in [7, 11) is 3.21. The third-order valence-corrected chi connectivity index (χ3v) is 7.42. The lowest BCUT2D eigenvalue weighted by Gasteiger charge is -2.14. The average molecular weight is 563 g/mol. The second-order valence-corrected chi connectivity index (χ2v) is 10.4. The van der Waals surface area contributed by atoms with E-state index in [1.54, 1.807) is 18.8 Å². The highest BCUT2D eigenvalue weighted by atomic mass is 16.5. The lowest BCUT2D eigenvalue weighted by Crippen LogP contribution is -2.23.